The number of hydrogen-bond acceptors (Lipinski definition) is 4. The Morgan fingerprint density at radius 3 is 3.08 bits per heavy atom. The lowest BCUT2D eigenvalue weighted by Gasteiger charge is -2.33. The Hall–Kier alpha value is -0.610. The smallest absolute Gasteiger partial charge is 0.140 e. The number of oxime groups is 1. The van der Waals surface area contributed by atoms with Crippen LogP contribution in [0.25, 0.3) is 0 Å². The zero-order valence-corrected chi connectivity index (χ0v) is 7.53. The van der Waals surface area contributed by atoms with E-state index in [0.717, 1.165) is 18.1 Å². The predicted molar refractivity (Wildman–Crippen MR) is 47.4 cm³/mol. The number of nitrogens with two attached hydrogens (primary N) is 1. The molecule has 1 saturated carbocycles. The van der Waals surface area contributed by atoms with E-state index in [1.807, 2.05) is 0 Å². The highest BCUT2D eigenvalue weighted by atomic mass is 16.6. The lowest BCUT2D eigenvalue weighted by molar-refractivity contribution is 0.0227. The second-order valence-corrected chi connectivity index (χ2v) is 4.36. The maximum atomic E-state index is 6.18. The molecule has 1 saturated heterocycles. The molecule has 13 heavy (non-hydrogen) atoms. The highest BCUT2D eigenvalue weighted by molar-refractivity contribution is 5.95. The van der Waals surface area contributed by atoms with Crippen LogP contribution in [0.1, 0.15) is 19.3 Å². The fourth-order valence-electron chi connectivity index (χ4n) is 2.12. The molecular weight excluding hydrogens is 168 g/mol. The molecule has 2 fully saturated rings. The maximum Gasteiger partial charge on any atom is 0.140 e. The van der Waals surface area contributed by atoms with Gasteiger partial charge in [0.15, 0.2) is 0 Å². The van der Waals surface area contributed by atoms with Gasteiger partial charge < -0.3 is 15.3 Å². The van der Waals surface area contributed by atoms with Gasteiger partial charge in [-0.3, -0.25) is 0 Å². The Kier molecular flexibility index (Phi) is 1.46. The van der Waals surface area contributed by atoms with Crippen LogP contribution in [-0.2, 0) is 9.57 Å². The normalized spacial score (nSPS) is 43.8. The van der Waals surface area contributed by atoms with Gasteiger partial charge in [0.1, 0.15) is 12.3 Å². The van der Waals surface area contributed by atoms with E-state index in [2.05, 4.69) is 5.16 Å². The van der Waals surface area contributed by atoms with Crippen LogP contribution in [0.4, 0.5) is 0 Å². The summed E-state index contributed by atoms with van der Waals surface area (Å²) >= 11 is 0. The van der Waals surface area contributed by atoms with Crippen LogP contribution in [0.2, 0.25) is 0 Å². The van der Waals surface area contributed by atoms with Crippen LogP contribution < -0.4 is 5.73 Å². The van der Waals surface area contributed by atoms with Gasteiger partial charge >= 0.3 is 0 Å². The van der Waals surface area contributed by atoms with Crippen LogP contribution >= 0.6 is 0 Å². The van der Waals surface area contributed by atoms with Crippen LogP contribution in [0, 0.1) is 5.92 Å². The fourth-order valence-corrected chi connectivity index (χ4v) is 2.12. The summed E-state index contributed by atoms with van der Waals surface area (Å²) in [5.74, 6) is 0.752. The van der Waals surface area contributed by atoms with Gasteiger partial charge in [-0.15, -0.1) is 0 Å². The SMILES string of the molecule is NC12CON=C1COC(C1CC1)C2. The lowest BCUT2D eigenvalue weighted by atomic mass is 9.86. The van der Waals surface area contributed by atoms with E-state index in [1.54, 1.807) is 0 Å². The van der Waals surface area contributed by atoms with Crippen molar-refractivity contribution in [3.05, 3.63) is 0 Å². The Morgan fingerprint density at radius 1 is 1.46 bits per heavy atom. The fraction of sp³-hybridized carbons (Fsp3) is 0.889. The molecule has 2 N–H and O–H groups in total. The second kappa shape index (κ2) is 2.45. The molecule has 0 bridgehead atoms. The third kappa shape index (κ3) is 1.16. The molecule has 0 aromatic carbocycles. The van der Waals surface area contributed by atoms with Gasteiger partial charge in [0.2, 0.25) is 0 Å². The molecule has 0 aromatic rings. The largest absolute Gasteiger partial charge is 0.393 e. The molecule has 2 atom stereocenters. The summed E-state index contributed by atoms with van der Waals surface area (Å²) in [6, 6.07) is 0. The Bertz CT molecular complexity index is 262. The minimum absolute atomic E-state index is 0.314. The van der Waals surface area contributed by atoms with Crippen molar-refractivity contribution in [3.8, 4) is 0 Å². The van der Waals surface area contributed by atoms with Crippen molar-refractivity contribution >= 4 is 5.71 Å². The van der Waals surface area contributed by atoms with Crippen molar-refractivity contribution in [3.63, 3.8) is 0 Å². The molecular formula is C9H14N2O2. The van der Waals surface area contributed by atoms with E-state index in [1.165, 1.54) is 12.8 Å². The third-order valence-corrected chi connectivity index (χ3v) is 3.22. The summed E-state index contributed by atoms with van der Waals surface area (Å²) in [7, 11) is 0. The molecule has 0 aromatic heterocycles. The Labute approximate surface area is 77.1 Å². The minimum Gasteiger partial charge on any atom is -0.393 e. The van der Waals surface area contributed by atoms with E-state index in [9.17, 15) is 0 Å². The number of hydrogen-bond donors (Lipinski definition) is 1. The number of rotatable bonds is 1. The van der Waals surface area contributed by atoms with Gasteiger partial charge in [-0.05, 0) is 18.8 Å². The van der Waals surface area contributed by atoms with Crippen molar-refractivity contribution in [2.75, 3.05) is 13.2 Å². The maximum absolute atomic E-state index is 6.18. The first-order chi connectivity index (χ1) is 6.28. The summed E-state index contributed by atoms with van der Waals surface area (Å²) in [4.78, 5) is 5.03. The van der Waals surface area contributed by atoms with Crippen LogP contribution in [0.15, 0.2) is 5.16 Å². The Morgan fingerprint density at radius 2 is 2.31 bits per heavy atom. The predicted octanol–water partition coefficient (Wildman–Crippen LogP) is 0.269. The molecule has 4 heteroatoms. The standard InChI is InChI=1S/C9H14N2O2/c10-9-3-7(6-1-2-6)12-4-8(9)11-13-5-9/h6-7H,1-5,10H2. The highest BCUT2D eigenvalue weighted by Crippen LogP contribution is 2.40. The zero-order chi connectivity index (χ0) is 8.89. The number of ether oxygens (including phenoxy) is 1. The highest BCUT2D eigenvalue weighted by Gasteiger charge is 2.47. The molecule has 0 radical (unpaired) electrons. The lowest BCUT2D eigenvalue weighted by Crippen LogP contribution is -2.56. The van der Waals surface area contributed by atoms with Gasteiger partial charge in [-0.2, -0.15) is 0 Å². The Balaban J connectivity index is 1.78. The summed E-state index contributed by atoms with van der Waals surface area (Å²) in [6.07, 6.45) is 3.84. The first kappa shape index (κ1) is 7.76. The molecule has 2 unspecified atom stereocenters. The van der Waals surface area contributed by atoms with Gasteiger partial charge in [0.25, 0.3) is 0 Å². The summed E-state index contributed by atoms with van der Waals surface area (Å²) in [6.45, 7) is 1.10. The molecule has 3 rings (SSSR count). The van der Waals surface area contributed by atoms with Crippen molar-refractivity contribution < 1.29 is 9.57 Å². The van der Waals surface area contributed by atoms with Crippen molar-refractivity contribution in [1.29, 1.82) is 0 Å². The van der Waals surface area contributed by atoms with Crippen LogP contribution in [-0.4, -0.2) is 30.6 Å². The summed E-state index contributed by atoms with van der Waals surface area (Å²) < 4.78 is 5.69. The quantitative estimate of drug-likeness (QED) is 0.633. The number of fused-ring (bicyclic) bond motifs is 1. The van der Waals surface area contributed by atoms with Crippen LogP contribution in [0.5, 0.6) is 0 Å². The number of nitrogens with zero attached hydrogens (tertiary/aromatic N) is 1. The molecule has 0 spiro atoms. The van der Waals surface area contributed by atoms with E-state index in [0.29, 0.717) is 19.3 Å². The van der Waals surface area contributed by atoms with Crippen molar-refractivity contribution in [1.82, 2.24) is 0 Å². The minimum atomic E-state index is -0.314. The monoisotopic (exact) mass is 182 g/mol. The molecule has 4 nitrogen and oxygen atoms in total. The van der Waals surface area contributed by atoms with Crippen LogP contribution in [0.3, 0.4) is 0 Å². The van der Waals surface area contributed by atoms with Crippen molar-refractivity contribution in [2.45, 2.75) is 30.9 Å². The summed E-state index contributed by atoms with van der Waals surface area (Å²) in [5.41, 5.74) is 6.76. The van der Waals surface area contributed by atoms with E-state index in [4.69, 9.17) is 15.3 Å². The zero-order valence-electron chi connectivity index (χ0n) is 7.53. The topological polar surface area (TPSA) is 56.8 Å². The third-order valence-electron chi connectivity index (χ3n) is 3.22. The molecule has 1 aliphatic carbocycles. The van der Waals surface area contributed by atoms with E-state index < -0.39 is 0 Å². The molecule has 3 aliphatic rings. The first-order valence-electron chi connectivity index (χ1n) is 4.88. The molecule has 72 valence electrons. The second-order valence-electron chi connectivity index (χ2n) is 4.36. The molecule has 2 aliphatic heterocycles. The molecule has 0 amide bonds. The van der Waals surface area contributed by atoms with Gasteiger partial charge in [0.05, 0.1) is 18.2 Å². The van der Waals surface area contributed by atoms with Crippen molar-refractivity contribution in [2.24, 2.45) is 16.8 Å². The average molecular weight is 182 g/mol. The first-order valence-corrected chi connectivity index (χ1v) is 4.88. The van der Waals surface area contributed by atoms with Gasteiger partial charge in [0, 0.05) is 6.42 Å². The van der Waals surface area contributed by atoms with Gasteiger partial charge in [-0.25, -0.2) is 0 Å². The van der Waals surface area contributed by atoms with E-state index >= 15 is 0 Å². The summed E-state index contributed by atoms with van der Waals surface area (Å²) in [5, 5.41) is 3.91. The van der Waals surface area contributed by atoms with E-state index in [-0.39, 0.29) is 5.54 Å². The average Bonchev–Trinajstić information content (AvgIpc) is 2.87. The van der Waals surface area contributed by atoms with Gasteiger partial charge in [-0.1, -0.05) is 5.16 Å². The molecule has 2 heterocycles.